The van der Waals surface area contributed by atoms with Gasteiger partial charge < -0.3 is 9.47 Å². The van der Waals surface area contributed by atoms with E-state index in [4.69, 9.17) is 4.98 Å². The van der Waals surface area contributed by atoms with Gasteiger partial charge in [0.25, 0.3) is 0 Å². The first-order valence-corrected chi connectivity index (χ1v) is 10.5. The molecule has 2 aromatic carbocycles. The Morgan fingerprint density at radius 3 is 2.79 bits per heavy atom. The number of fused-ring (bicyclic) bond motifs is 1. The SMILES string of the molecule is O=C(/C=C/c1ccc(-n2ccnc2)cc1)N1CCC[C@@H]1c1nc2ccccc2s1. The van der Waals surface area contributed by atoms with Crippen molar-refractivity contribution in [3.63, 3.8) is 0 Å². The van der Waals surface area contributed by atoms with Gasteiger partial charge in [-0.15, -0.1) is 11.3 Å². The van der Waals surface area contributed by atoms with Crippen LogP contribution in [0.3, 0.4) is 0 Å². The molecule has 5 nitrogen and oxygen atoms in total. The molecule has 1 amide bonds. The quantitative estimate of drug-likeness (QED) is 0.460. The van der Waals surface area contributed by atoms with E-state index in [1.807, 2.05) is 64.2 Å². The lowest BCUT2D eigenvalue weighted by molar-refractivity contribution is -0.126. The summed E-state index contributed by atoms with van der Waals surface area (Å²) in [6.45, 7) is 0.781. The highest BCUT2D eigenvalue weighted by Gasteiger charge is 2.31. The molecule has 0 radical (unpaired) electrons. The second kappa shape index (κ2) is 7.64. The van der Waals surface area contributed by atoms with Crippen molar-refractivity contribution >= 4 is 33.5 Å². The number of carbonyl (C=O) groups excluding carboxylic acids is 1. The van der Waals surface area contributed by atoms with Crippen molar-refractivity contribution < 1.29 is 4.79 Å². The summed E-state index contributed by atoms with van der Waals surface area (Å²) in [5.74, 6) is 0.0467. The second-order valence-electron chi connectivity index (χ2n) is 7.10. The van der Waals surface area contributed by atoms with Gasteiger partial charge >= 0.3 is 0 Å². The highest BCUT2D eigenvalue weighted by Crippen LogP contribution is 2.36. The maximum atomic E-state index is 12.9. The van der Waals surface area contributed by atoms with Crippen LogP contribution in [-0.4, -0.2) is 31.9 Å². The molecule has 0 aliphatic carbocycles. The molecule has 1 atom stereocenters. The highest BCUT2D eigenvalue weighted by molar-refractivity contribution is 7.18. The second-order valence-corrected chi connectivity index (χ2v) is 8.17. The zero-order valence-electron chi connectivity index (χ0n) is 15.8. The fraction of sp³-hybridized carbons (Fsp3) is 0.174. The summed E-state index contributed by atoms with van der Waals surface area (Å²) in [5.41, 5.74) is 3.06. The lowest BCUT2D eigenvalue weighted by Crippen LogP contribution is -2.28. The third-order valence-electron chi connectivity index (χ3n) is 5.25. The zero-order chi connectivity index (χ0) is 19.6. The van der Waals surface area contributed by atoms with Crippen molar-refractivity contribution in [1.82, 2.24) is 19.4 Å². The third kappa shape index (κ3) is 3.59. The Hall–Kier alpha value is -3.25. The first-order chi connectivity index (χ1) is 14.3. The van der Waals surface area contributed by atoms with Crippen molar-refractivity contribution in [2.24, 2.45) is 0 Å². The molecule has 0 saturated carbocycles. The van der Waals surface area contributed by atoms with Crippen molar-refractivity contribution in [2.45, 2.75) is 18.9 Å². The van der Waals surface area contributed by atoms with E-state index >= 15 is 0 Å². The minimum absolute atomic E-state index is 0.0467. The molecule has 6 heteroatoms. The summed E-state index contributed by atoms with van der Waals surface area (Å²) in [4.78, 5) is 23.7. The molecule has 5 rings (SSSR count). The van der Waals surface area contributed by atoms with Crippen LogP contribution in [0.2, 0.25) is 0 Å². The largest absolute Gasteiger partial charge is 0.330 e. The van der Waals surface area contributed by atoms with Crippen molar-refractivity contribution in [3.8, 4) is 5.69 Å². The van der Waals surface area contributed by atoms with Crippen LogP contribution in [0.4, 0.5) is 0 Å². The Morgan fingerprint density at radius 1 is 1.14 bits per heavy atom. The predicted molar refractivity (Wildman–Crippen MR) is 116 cm³/mol. The smallest absolute Gasteiger partial charge is 0.247 e. The minimum Gasteiger partial charge on any atom is -0.330 e. The molecule has 1 fully saturated rings. The molecule has 144 valence electrons. The molecule has 0 spiro atoms. The third-order valence-corrected chi connectivity index (χ3v) is 6.38. The molecule has 1 aliphatic rings. The molecule has 4 aromatic rings. The van der Waals surface area contributed by atoms with E-state index in [1.54, 1.807) is 29.9 Å². The van der Waals surface area contributed by atoms with E-state index in [1.165, 1.54) is 4.70 Å². The van der Waals surface area contributed by atoms with Gasteiger partial charge in [-0.3, -0.25) is 4.79 Å². The normalized spacial score (nSPS) is 16.8. The average molecular weight is 401 g/mol. The number of para-hydroxylation sites is 1. The fourth-order valence-electron chi connectivity index (χ4n) is 3.75. The Morgan fingerprint density at radius 2 is 2.00 bits per heavy atom. The highest BCUT2D eigenvalue weighted by atomic mass is 32.1. The summed E-state index contributed by atoms with van der Waals surface area (Å²) in [7, 11) is 0. The minimum atomic E-state index is 0.0467. The van der Waals surface area contributed by atoms with Gasteiger partial charge in [0.1, 0.15) is 5.01 Å². The first-order valence-electron chi connectivity index (χ1n) is 9.70. The molecular weight excluding hydrogens is 380 g/mol. The van der Waals surface area contributed by atoms with Gasteiger partial charge in [0.05, 0.1) is 22.6 Å². The van der Waals surface area contributed by atoms with Crippen molar-refractivity contribution in [1.29, 1.82) is 0 Å². The number of carbonyl (C=O) groups is 1. The van der Waals surface area contributed by atoms with E-state index in [9.17, 15) is 4.79 Å². The summed E-state index contributed by atoms with van der Waals surface area (Å²) < 4.78 is 3.13. The Bertz CT molecular complexity index is 1130. The molecule has 1 saturated heterocycles. The lowest BCUT2D eigenvalue weighted by atomic mass is 10.2. The number of hydrogen-bond donors (Lipinski definition) is 0. The molecular formula is C23H20N4OS. The summed E-state index contributed by atoms with van der Waals surface area (Å²) in [6.07, 6.45) is 11.0. The molecule has 3 heterocycles. The molecule has 29 heavy (non-hydrogen) atoms. The molecule has 0 bridgehead atoms. The van der Waals surface area contributed by atoms with E-state index < -0.39 is 0 Å². The van der Waals surface area contributed by atoms with Crippen molar-refractivity contribution in [2.75, 3.05) is 6.54 Å². The van der Waals surface area contributed by atoms with E-state index in [-0.39, 0.29) is 11.9 Å². The summed E-state index contributed by atoms with van der Waals surface area (Å²) >= 11 is 1.69. The molecule has 0 N–H and O–H groups in total. The fourth-order valence-corrected chi connectivity index (χ4v) is 4.87. The topological polar surface area (TPSA) is 51.0 Å². The van der Waals surface area contributed by atoms with Gasteiger partial charge in [-0.2, -0.15) is 0 Å². The van der Waals surface area contributed by atoms with Crippen LogP contribution in [0.5, 0.6) is 0 Å². The summed E-state index contributed by atoms with van der Waals surface area (Å²) in [5, 5.41) is 1.04. The molecule has 2 aromatic heterocycles. The monoisotopic (exact) mass is 400 g/mol. The van der Waals surface area contributed by atoms with Crippen LogP contribution < -0.4 is 0 Å². The van der Waals surface area contributed by atoms with Crippen LogP contribution in [-0.2, 0) is 4.79 Å². The van der Waals surface area contributed by atoms with Gasteiger partial charge in [-0.25, -0.2) is 9.97 Å². The number of hydrogen-bond acceptors (Lipinski definition) is 4. The van der Waals surface area contributed by atoms with E-state index in [0.717, 1.165) is 41.2 Å². The number of benzene rings is 2. The Labute approximate surface area is 173 Å². The lowest BCUT2D eigenvalue weighted by Gasteiger charge is -2.21. The van der Waals surface area contributed by atoms with Crippen LogP contribution in [0, 0.1) is 0 Å². The van der Waals surface area contributed by atoms with Gasteiger partial charge in [0.15, 0.2) is 0 Å². The standard InChI is InChI=1S/C23H20N4OS/c28-22(12-9-17-7-10-18(11-8-17)26-15-13-24-16-26)27-14-3-5-20(27)23-25-19-4-1-2-6-21(19)29-23/h1-2,4,6-13,15-16,20H,3,5,14H2/b12-9+/t20-/m1/s1. The number of imidazole rings is 1. The number of rotatable bonds is 4. The number of likely N-dealkylation sites (tertiary alicyclic amines) is 1. The van der Waals surface area contributed by atoms with E-state index in [0.29, 0.717) is 0 Å². The number of amides is 1. The maximum Gasteiger partial charge on any atom is 0.247 e. The Kier molecular flexibility index (Phi) is 4.69. The average Bonchev–Trinajstić information content (AvgIpc) is 3.52. The number of thiazole rings is 1. The number of nitrogens with zero attached hydrogens (tertiary/aromatic N) is 4. The van der Waals surface area contributed by atoms with Crippen LogP contribution in [0.15, 0.2) is 73.3 Å². The van der Waals surface area contributed by atoms with Crippen molar-refractivity contribution in [3.05, 3.63) is 83.9 Å². The molecule has 1 aliphatic heterocycles. The first kappa shape index (κ1) is 17.8. The van der Waals surface area contributed by atoms with Gasteiger partial charge in [-0.05, 0) is 48.7 Å². The van der Waals surface area contributed by atoms with E-state index in [2.05, 4.69) is 11.1 Å². The Balaban J connectivity index is 1.31. The zero-order valence-corrected chi connectivity index (χ0v) is 16.6. The van der Waals surface area contributed by atoms with Gasteiger partial charge in [0.2, 0.25) is 5.91 Å². The van der Waals surface area contributed by atoms with Crippen LogP contribution >= 0.6 is 11.3 Å². The van der Waals surface area contributed by atoms with Gasteiger partial charge in [-0.1, -0.05) is 24.3 Å². The van der Waals surface area contributed by atoms with Crippen LogP contribution in [0.1, 0.15) is 29.5 Å². The number of aromatic nitrogens is 3. The van der Waals surface area contributed by atoms with Gasteiger partial charge in [0, 0.05) is 30.7 Å². The molecule has 0 unspecified atom stereocenters. The maximum absolute atomic E-state index is 12.9. The van der Waals surface area contributed by atoms with Crippen LogP contribution in [0.25, 0.3) is 22.0 Å². The summed E-state index contributed by atoms with van der Waals surface area (Å²) in [6, 6.07) is 16.3. The predicted octanol–water partition coefficient (Wildman–Crippen LogP) is 4.86.